The smallest absolute Gasteiger partial charge is 0.414 e. The fraction of sp³-hybridized carbons (Fsp3) is 0.500. The number of benzene rings is 1. The van der Waals surface area contributed by atoms with Gasteiger partial charge < -0.3 is 19.9 Å². The Bertz CT molecular complexity index is 450. The standard InChI is InChI=1S/C12H14F3NO3/c1-7(12(13,14)15)17-5-9(16)8-2-3-10-11(4-8)19-6-18-10/h2-4,7,9H,5-6,16H2,1H3. The van der Waals surface area contributed by atoms with Gasteiger partial charge in [-0.15, -0.1) is 0 Å². The summed E-state index contributed by atoms with van der Waals surface area (Å²) in [6.07, 6.45) is -6.22. The van der Waals surface area contributed by atoms with E-state index in [4.69, 9.17) is 19.9 Å². The largest absolute Gasteiger partial charge is 0.454 e. The first-order valence-corrected chi connectivity index (χ1v) is 5.71. The van der Waals surface area contributed by atoms with E-state index in [1.807, 2.05) is 0 Å². The molecule has 19 heavy (non-hydrogen) atoms. The number of nitrogens with two attached hydrogens (primary N) is 1. The van der Waals surface area contributed by atoms with E-state index in [-0.39, 0.29) is 13.4 Å². The number of alkyl halides is 3. The van der Waals surface area contributed by atoms with Gasteiger partial charge >= 0.3 is 6.18 Å². The van der Waals surface area contributed by atoms with Crippen LogP contribution in [-0.2, 0) is 4.74 Å². The molecule has 0 radical (unpaired) electrons. The van der Waals surface area contributed by atoms with Gasteiger partial charge in [-0.1, -0.05) is 6.07 Å². The predicted molar refractivity (Wildman–Crippen MR) is 61.0 cm³/mol. The molecule has 2 rings (SSSR count). The Kier molecular flexibility index (Phi) is 3.86. The maximum atomic E-state index is 12.3. The van der Waals surface area contributed by atoms with Crippen molar-refractivity contribution >= 4 is 0 Å². The molecule has 0 bridgehead atoms. The van der Waals surface area contributed by atoms with E-state index in [1.54, 1.807) is 18.2 Å². The molecule has 106 valence electrons. The Balaban J connectivity index is 1.95. The summed E-state index contributed by atoms with van der Waals surface area (Å²) in [4.78, 5) is 0. The predicted octanol–water partition coefficient (Wildman–Crippen LogP) is 2.38. The van der Waals surface area contributed by atoms with Crippen molar-refractivity contribution in [2.45, 2.75) is 25.2 Å². The van der Waals surface area contributed by atoms with E-state index in [9.17, 15) is 13.2 Å². The Morgan fingerprint density at radius 2 is 2.00 bits per heavy atom. The van der Waals surface area contributed by atoms with E-state index in [1.165, 1.54) is 0 Å². The first-order chi connectivity index (χ1) is 8.88. The lowest BCUT2D eigenvalue weighted by Crippen LogP contribution is -2.31. The molecule has 1 aromatic rings. The van der Waals surface area contributed by atoms with Crippen molar-refractivity contribution in [2.75, 3.05) is 13.4 Å². The number of hydrogen-bond donors (Lipinski definition) is 1. The van der Waals surface area contributed by atoms with Crippen LogP contribution in [-0.4, -0.2) is 25.7 Å². The molecule has 2 N–H and O–H groups in total. The van der Waals surface area contributed by atoms with Crippen molar-refractivity contribution in [1.29, 1.82) is 0 Å². The molecule has 0 saturated carbocycles. The first-order valence-electron chi connectivity index (χ1n) is 5.71. The lowest BCUT2D eigenvalue weighted by molar-refractivity contribution is -0.215. The topological polar surface area (TPSA) is 53.7 Å². The molecule has 7 heteroatoms. The number of halogens is 3. The van der Waals surface area contributed by atoms with Gasteiger partial charge in [0.25, 0.3) is 0 Å². The minimum Gasteiger partial charge on any atom is -0.454 e. The molecule has 2 atom stereocenters. The van der Waals surface area contributed by atoms with E-state index >= 15 is 0 Å². The van der Waals surface area contributed by atoms with Crippen LogP contribution < -0.4 is 15.2 Å². The van der Waals surface area contributed by atoms with Crippen LogP contribution in [0.4, 0.5) is 13.2 Å². The van der Waals surface area contributed by atoms with Crippen LogP contribution in [0.1, 0.15) is 18.5 Å². The summed E-state index contributed by atoms with van der Waals surface area (Å²) < 4.78 is 51.9. The molecule has 2 unspecified atom stereocenters. The highest BCUT2D eigenvalue weighted by atomic mass is 19.4. The first kappa shape index (κ1) is 14.0. The molecule has 1 aromatic carbocycles. The summed E-state index contributed by atoms with van der Waals surface area (Å²) >= 11 is 0. The van der Waals surface area contributed by atoms with Crippen molar-refractivity contribution < 1.29 is 27.4 Å². The molecule has 1 heterocycles. The van der Waals surface area contributed by atoms with Crippen LogP contribution in [0.3, 0.4) is 0 Å². The van der Waals surface area contributed by atoms with E-state index < -0.39 is 18.3 Å². The van der Waals surface area contributed by atoms with Crippen molar-refractivity contribution in [3.63, 3.8) is 0 Å². The second kappa shape index (κ2) is 5.26. The van der Waals surface area contributed by atoms with Crippen molar-refractivity contribution in [2.24, 2.45) is 5.73 Å². The fourth-order valence-corrected chi connectivity index (χ4v) is 1.58. The molecule has 1 aliphatic heterocycles. The Labute approximate surface area is 108 Å². The van der Waals surface area contributed by atoms with Gasteiger partial charge in [0.05, 0.1) is 12.6 Å². The number of rotatable bonds is 4. The molecule has 4 nitrogen and oxygen atoms in total. The molecular formula is C12H14F3NO3. The normalized spacial score (nSPS) is 17.3. The third-order valence-electron chi connectivity index (χ3n) is 2.81. The van der Waals surface area contributed by atoms with Crippen LogP contribution in [0.15, 0.2) is 18.2 Å². The third-order valence-corrected chi connectivity index (χ3v) is 2.81. The highest BCUT2D eigenvalue weighted by Crippen LogP contribution is 2.34. The van der Waals surface area contributed by atoms with E-state index in [2.05, 4.69) is 0 Å². The van der Waals surface area contributed by atoms with Crippen molar-refractivity contribution in [3.05, 3.63) is 23.8 Å². The lowest BCUT2D eigenvalue weighted by atomic mass is 10.1. The summed E-state index contributed by atoms with van der Waals surface area (Å²) in [5.74, 6) is 1.14. The highest BCUT2D eigenvalue weighted by molar-refractivity contribution is 5.45. The maximum absolute atomic E-state index is 12.3. The zero-order valence-corrected chi connectivity index (χ0v) is 10.2. The Morgan fingerprint density at radius 3 is 2.68 bits per heavy atom. The minimum atomic E-state index is -4.38. The third kappa shape index (κ3) is 3.30. The van der Waals surface area contributed by atoms with Crippen LogP contribution >= 0.6 is 0 Å². The minimum absolute atomic E-state index is 0.135. The van der Waals surface area contributed by atoms with Gasteiger partial charge in [-0.25, -0.2) is 0 Å². The van der Waals surface area contributed by atoms with Crippen LogP contribution in [0.25, 0.3) is 0 Å². The molecule has 0 fully saturated rings. The lowest BCUT2D eigenvalue weighted by Gasteiger charge is -2.19. The average molecular weight is 277 g/mol. The van der Waals surface area contributed by atoms with Gasteiger partial charge in [0, 0.05) is 0 Å². The maximum Gasteiger partial charge on any atom is 0.414 e. The van der Waals surface area contributed by atoms with Gasteiger partial charge in [-0.05, 0) is 24.6 Å². The monoisotopic (exact) mass is 277 g/mol. The quantitative estimate of drug-likeness (QED) is 0.918. The zero-order chi connectivity index (χ0) is 14.0. The summed E-state index contributed by atoms with van der Waals surface area (Å²) in [5.41, 5.74) is 6.43. The molecule has 0 amide bonds. The second-order valence-electron chi connectivity index (χ2n) is 4.24. The van der Waals surface area contributed by atoms with Crippen LogP contribution in [0, 0.1) is 0 Å². The zero-order valence-electron chi connectivity index (χ0n) is 10.2. The van der Waals surface area contributed by atoms with E-state index in [0.29, 0.717) is 17.1 Å². The fourth-order valence-electron chi connectivity index (χ4n) is 1.58. The van der Waals surface area contributed by atoms with Crippen molar-refractivity contribution in [3.8, 4) is 11.5 Å². The second-order valence-corrected chi connectivity index (χ2v) is 4.24. The molecule has 0 saturated heterocycles. The Hall–Kier alpha value is -1.47. The average Bonchev–Trinajstić information content (AvgIpc) is 2.81. The van der Waals surface area contributed by atoms with Gasteiger partial charge in [0.15, 0.2) is 17.6 Å². The van der Waals surface area contributed by atoms with Gasteiger partial charge in [-0.3, -0.25) is 0 Å². The summed E-state index contributed by atoms with van der Waals surface area (Å²) in [6.45, 7) is 0.863. The number of ether oxygens (including phenoxy) is 3. The molecule has 0 aromatic heterocycles. The number of fused-ring (bicyclic) bond motifs is 1. The summed E-state index contributed by atoms with van der Waals surface area (Å²) in [6, 6.07) is 4.35. The van der Waals surface area contributed by atoms with Crippen LogP contribution in [0.5, 0.6) is 11.5 Å². The number of hydrogen-bond acceptors (Lipinski definition) is 4. The molecule has 1 aliphatic rings. The molecular weight excluding hydrogens is 263 g/mol. The van der Waals surface area contributed by atoms with Gasteiger partial charge in [0.2, 0.25) is 6.79 Å². The SMILES string of the molecule is CC(OCC(N)c1ccc2c(c1)OCO2)C(F)(F)F. The molecule has 0 spiro atoms. The van der Waals surface area contributed by atoms with Gasteiger partial charge in [0.1, 0.15) is 0 Å². The summed E-state index contributed by atoms with van der Waals surface area (Å²) in [5, 5.41) is 0. The van der Waals surface area contributed by atoms with Crippen LogP contribution in [0.2, 0.25) is 0 Å². The van der Waals surface area contributed by atoms with Crippen molar-refractivity contribution in [1.82, 2.24) is 0 Å². The van der Waals surface area contributed by atoms with Gasteiger partial charge in [-0.2, -0.15) is 13.2 Å². The highest BCUT2D eigenvalue weighted by Gasteiger charge is 2.37. The van der Waals surface area contributed by atoms with E-state index in [0.717, 1.165) is 6.92 Å². The summed E-state index contributed by atoms with van der Waals surface area (Å²) in [7, 11) is 0. The molecule has 0 aliphatic carbocycles. The Morgan fingerprint density at radius 1 is 1.32 bits per heavy atom.